The zero-order valence-electron chi connectivity index (χ0n) is 15.2. The highest BCUT2D eigenvalue weighted by molar-refractivity contribution is 6.18. The third-order valence-corrected chi connectivity index (χ3v) is 4.93. The van der Waals surface area contributed by atoms with Gasteiger partial charge in [-0.1, -0.05) is 0 Å². The number of amides is 1. The minimum atomic E-state index is -0.187. The van der Waals surface area contributed by atoms with E-state index in [4.69, 9.17) is 16.0 Å². The number of nitrogens with one attached hydrogen (secondary N) is 2. The minimum Gasteiger partial charge on any atom is -0.463 e. The van der Waals surface area contributed by atoms with E-state index in [1.807, 2.05) is 0 Å². The fraction of sp³-hybridized carbons (Fsp3) is 0.368. The Morgan fingerprint density at radius 1 is 1.36 bits per heavy atom. The molecule has 0 saturated carbocycles. The van der Waals surface area contributed by atoms with Gasteiger partial charge in [0.05, 0.1) is 12.0 Å². The van der Waals surface area contributed by atoms with Crippen molar-refractivity contribution >= 4 is 23.3 Å². The first kappa shape index (κ1) is 18.5. The van der Waals surface area contributed by atoms with Crippen molar-refractivity contribution in [2.45, 2.75) is 38.5 Å². The predicted molar refractivity (Wildman–Crippen MR) is 105 cm³/mol. The number of anilines is 1. The molecule has 0 aromatic carbocycles. The molecular weight excluding hydrogens is 382 g/mol. The molecule has 2 N–H and O–H groups in total. The first-order valence-corrected chi connectivity index (χ1v) is 9.81. The van der Waals surface area contributed by atoms with Gasteiger partial charge in [-0.3, -0.25) is 14.6 Å². The number of alkyl halides is 1. The molecule has 4 rings (SSSR count). The smallest absolute Gasteiger partial charge is 0.255 e. The fourth-order valence-corrected chi connectivity index (χ4v) is 3.43. The summed E-state index contributed by atoms with van der Waals surface area (Å²) in [6.07, 6.45) is 5.89. The Hall–Kier alpha value is -2.87. The van der Waals surface area contributed by atoms with Gasteiger partial charge in [0, 0.05) is 23.9 Å². The highest BCUT2D eigenvalue weighted by Crippen LogP contribution is 2.25. The van der Waals surface area contributed by atoms with Crippen LogP contribution in [0.5, 0.6) is 0 Å². The van der Waals surface area contributed by atoms with E-state index in [9.17, 15) is 9.59 Å². The molecule has 1 amide bonds. The van der Waals surface area contributed by atoms with E-state index in [-0.39, 0.29) is 17.4 Å². The molecule has 0 unspecified atom stereocenters. The number of nitrogens with zero attached hydrogens (tertiary/aromatic N) is 3. The average molecular weight is 402 g/mol. The maximum absolute atomic E-state index is 12.5. The SMILES string of the molecule is O=C(CCCCl)Nc1cc(-c2ccco2)nn1-c1nc2c(c(=O)[nH]1)CCCC2. The van der Waals surface area contributed by atoms with E-state index in [0.29, 0.717) is 36.0 Å². The molecule has 146 valence electrons. The normalized spacial score (nSPS) is 13.3. The number of aryl methyl sites for hydroxylation is 1. The van der Waals surface area contributed by atoms with Gasteiger partial charge in [0.15, 0.2) is 5.76 Å². The van der Waals surface area contributed by atoms with Crippen LogP contribution in [-0.2, 0) is 17.6 Å². The largest absolute Gasteiger partial charge is 0.463 e. The van der Waals surface area contributed by atoms with Crippen molar-refractivity contribution in [1.29, 1.82) is 0 Å². The number of hydrogen-bond acceptors (Lipinski definition) is 5. The lowest BCUT2D eigenvalue weighted by molar-refractivity contribution is -0.116. The van der Waals surface area contributed by atoms with Gasteiger partial charge >= 0.3 is 0 Å². The Labute approximate surface area is 165 Å². The molecule has 28 heavy (non-hydrogen) atoms. The van der Waals surface area contributed by atoms with Crippen molar-refractivity contribution in [2.24, 2.45) is 0 Å². The second-order valence-corrected chi connectivity index (χ2v) is 7.04. The summed E-state index contributed by atoms with van der Waals surface area (Å²) in [7, 11) is 0. The molecule has 1 aliphatic carbocycles. The van der Waals surface area contributed by atoms with E-state index in [2.05, 4.69) is 20.4 Å². The highest BCUT2D eigenvalue weighted by Gasteiger charge is 2.20. The number of carbonyl (C=O) groups is 1. The molecule has 3 aromatic rings. The molecule has 3 aromatic heterocycles. The van der Waals surface area contributed by atoms with Gasteiger partial charge in [0.2, 0.25) is 11.9 Å². The number of H-pyrrole nitrogens is 1. The van der Waals surface area contributed by atoms with E-state index in [0.717, 1.165) is 36.9 Å². The van der Waals surface area contributed by atoms with Gasteiger partial charge in [0.25, 0.3) is 5.56 Å². The summed E-state index contributed by atoms with van der Waals surface area (Å²) in [5.41, 5.74) is 1.90. The van der Waals surface area contributed by atoms with Crippen molar-refractivity contribution < 1.29 is 9.21 Å². The lowest BCUT2D eigenvalue weighted by Crippen LogP contribution is -2.24. The van der Waals surface area contributed by atoms with Crippen molar-refractivity contribution in [2.75, 3.05) is 11.2 Å². The molecule has 0 bridgehead atoms. The van der Waals surface area contributed by atoms with Crippen LogP contribution < -0.4 is 10.9 Å². The van der Waals surface area contributed by atoms with Gasteiger partial charge in [0.1, 0.15) is 11.5 Å². The van der Waals surface area contributed by atoms with Gasteiger partial charge in [-0.2, -0.15) is 9.78 Å². The Kier molecular flexibility index (Phi) is 5.29. The van der Waals surface area contributed by atoms with Crippen LogP contribution in [0.4, 0.5) is 5.82 Å². The van der Waals surface area contributed by atoms with E-state index in [1.54, 1.807) is 24.5 Å². The lowest BCUT2D eigenvalue weighted by Gasteiger charge is -2.15. The van der Waals surface area contributed by atoms with Crippen LogP contribution in [0.15, 0.2) is 33.7 Å². The summed E-state index contributed by atoms with van der Waals surface area (Å²) in [5, 5.41) is 7.32. The molecule has 0 aliphatic heterocycles. The predicted octanol–water partition coefficient (Wildman–Crippen LogP) is 3.05. The average Bonchev–Trinajstić information content (AvgIpc) is 3.36. The van der Waals surface area contributed by atoms with Gasteiger partial charge in [-0.15, -0.1) is 11.6 Å². The van der Waals surface area contributed by atoms with Crippen molar-refractivity contribution in [3.63, 3.8) is 0 Å². The lowest BCUT2D eigenvalue weighted by atomic mass is 9.97. The minimum absolute atomic E-state index is 0.158. The van der Waals surface area contributed by atoms with Gasteiger partial charge < -0.3 is 9.73 Å². The quantitative estimate of drug-likeness (QED) is 0.617. The number of aromatic amines is 1. The molecule has 8 nitrogen and oxygen atoms in total. The molecule has 0 atom stereocenters. The molecule has 0 radical (unpaired) electrons. The summed E-state index contributed by atoms with van der Waals surface area (Å²) in [5.74, 6) is 1.45. The monoisotopic (exact) mass is 401 g/mol. The summed E-state index contributed by atoms with van der Waals surface area (Å²) in [6, 6.07) is 5.22. The number of halogens is 1. The maximum Gasteiger partial charge on any atom is 0.255 e. The molecule has 0 saturated heterocycles. The molecule has 9 heteroatoms. The molecule has 3 heterocycles. The maximum atomic E-state index is 12.5. The van der Waals surface area contributed by atoms with Crippen molar-refractivity contribution in [1.82, 2.24) is 19.7 Å². The third kappa shape index (κ3) is 3.73. The second kappa shape index (κ2) is 8.02. The van der Waals surface area contributed by atoms with Crippen molar-refractivity contribution in [3.8, 4) is 17.4 Å². The van der Waals surface area contributed by atoms with E-state index in [1.165, 1.54) is 4.68 Å². The van der Waals surface area contributed by atoms with Crippen LogP contribution in [-0.4, -0.2) is 31.5 Å². The summed E-state index contributed by atoms with van der Waals surface area (Å²) < 4.78 is 6.85. The number of fused-ring (bicyclic) bond motifs is 1. The molecule has 1 aliphatic rings. The van der Waals surface area contributed by atoms with E-state index >= 15 is 0 Å². The van der Waals surface area contributed by atoms with Crippen LogP contribution in [0.25, 0.3) is 17.4 Å². The molecular formula is C19H20ClN5O3. The standard InChI is InChI=1S/C19H20ClN5O3/c20-9-3-8-17(26)22-16-11-14(15-7-4-10-28-15)24-25(16)19-21-13-6-2-1-5-12(13)18(27)23-19/h4,7,10-11H,1-3,5-6,8-9H2,(H,22,26)(H,21,23,27). The Balaban J connectivity index is 1.75. The van der Waals surface area contributed by atoms with Gasteiger partial charge in [-0.25, -0.2) is 4.98 Å². The Bertz CT molecular complexity index is 1040. The van der Waals surface area contributed by atoms with Crippen LogP contribution >= 0.6 is 11.6 Å². The van der Waals surface area contributed by atoms with Gasteiger partial charge in [-0.05, 0) is 44.2 Å². The first-order chi connectivity index (χ1) is 13.7. The van der Waals surface area contributed by atoms with Crippen LogP contribution in [0.2, 0.25) is 0 Å². The van der Waals surface area contributed by atoms with Crippen LogP contribution in [0.3, 0.4) is 0 Å². The summed E-state index contributed by atoms with van der Waals surface area (Å²) >= 11 is 5.67. The van der Waals surface area contributed by atoms with E-state index < -0.39 is 0 Å². The second-order valence-electron chi connectivity index (χ2n) is 6.67. The Morgan fingerprint density at radius 2 is 2.21 bits per heavy atom. The fourth-order valence-electron chi connectivity index (χ4n) is 3.30. The topological polar surface area (TPSA) is 106 Å². The number of furan rings is 1. The number of rotatable bonds is 6. The summed E-state index contributed by atoms with van der Waals surface area (Å²) in [6.45, 7) is 0. The number of carbonyl (C=O) groups excluding carboxylic acids is 1. The Morgan fingerprint density at radius 3 is 3.00 bits per heavy atom. The first-order valence-electron chi connectivity index (χ1n) is 9.28. The van der Waals surface area contributed by atoms with Crippen LogP contribution in [0, 0.1) is 0 Å². The number of aromatic nitrogens is 4. The van der Waals surface area contributed by atoms with Crippen molar-refractivity contribution in [3.05, 3.63) is 46.1 Å². The zero-order valence-corrected chi connectivity index (χ0v) is 16.0. The summed E-state index contributed by atoms with van der Waals surface area (Å²) in [4.78, 5) is 32.1. The molecule has 0 spiro atoms. The zero-order chi connectivity index (χ0) is 19.5. The third-order valence-electron chi connectivity index (χ3n) is 4.67. The number of hydrogen-bond donors (Lipinski definition) is 2. The van der Waals surface area contributed by atoms with Crippen LogP contribution in [0.1, 0.15) is 36.9 Å². The highest BCUT2D eigenvalue weighted by atomic mass is 35.5. The molecule has 0 fully saturated rings.